The molecule has 0 aromatic heterocycles. The van der Waals surface area contributed by atoms with Crippen LogP contribution in [0.5, 0.6) is 0 Å². The van der Waals surface area contributed by atoms with Gasteiger partial charge in [0.15, 0.2) is 0 Å². The van der Waals surface area contributed by atoms with E-state index >= 15 is 0 Å². The first-order chi connectivity index (χ1) is 14.7. The summed E-state index contributed by atoms with van der Waals surface area (Å²) in [5, 5.41) is 13.3. The van der Waals surface area contributed by atoms with E-state index < -0.39 is 5.91 Å². The predicted molar refractivity (Wildman–Crippen MR) is 129 cm³/mol. The van der Waals surface area contributed by atoms with Gasteiger partial charge in [0.1, 0.15) is 11.6 Å². The lowest BCUT2D eigenvalue weighted by Gasteiger charge is -2.09. The number of carbonyl (C=O) groups is 1. The molecule has 0 atom stereocenters. The summed E-state index contributed by atoms with van der Waals surface area (Å²) < 4.78 is 0. The molecule has 5 heteroatoms. The highest BCUT2D eigenvalue weighted by Gasteiger charge is 2.11. The molecule has 0 heterocycles. The standard InChI is InChI=1S/C26H22Cl2N2O/c1-16-8-17(2)10-20(9-16)12-21-6-5-19(13-25(21)28)11-22(15-29)26(31)30-23-7-4-18(3)24(27)14-23/h4-11,13-14H,12H2,1-3H3,(H,30,31)/b22-11+. The average molecular weight is 449 g/mol. The number of aryl methyl sites for hydroxylation is 3. The highest BCUT2D eigenvalue weighted by molar-refractivity contribution is 6.32. The van der Waals surface area contributed by atoms with Crippen molar-refractivity contribution < 1.29 is 4.79 Å². The second-order valence-corrected chi connectivity index (χ2v) is 8.43. The number of hydrogen-bond acceptors (Lipinski definition) is 2. The molecule has 0 aliphatic rings. The molecule has 0 saturated heterocycles. The van der Waals surface area contributed by atoms with Gasteiger partial charge in [0.2, 0.25) is 0 Å². The van der Waals surface area contributed by atoms with Gasteiger partial charge >= 0.3 is 0 Å². The second-order valence-electron chi connectivity index (χ2n) is 7.61. The summed E-state index contributed by atoms with van der Waals surface area (Å²) in [6.45, 7) is 6.03. The number of carbonyl (C=O) groups excluding carboxylic acids is 1. The van der Waals surface area contributed by atoms with Crippen molar-refractivity contribution in [1.29, 1.82) is 5.26 Å². The quantitative estimate of drug-likeness (QED) is 0.335. The lowest BCUT2D eigenvalue weighted by Crippen LogP contribution is -2.13. The van der Waals surface area contributed by atoms with Gasteiger partial charge in [-0.1, -0.05) is 70.7 Å². The number of nitriles is 1. The average Bonchev–Trinajstić information content (AvgIpc) is 2.70. The Bertz CT molecular complexity index is 1200. The first-order valence-electron chi connectivity index (χ1n) is 9.80. The predicted octanol–water partition coefficient (Wildman–Crippen LogP) is 7.06. The highest BCUT2D eigenvalue weighted by atomic mass is 35.5. The maximum atomic E-state index is 12.5. The number of benzene rings is 3. The molecule has 3 aromatic carbocycles. The van der Waals surface area contributed by atoms with Crippen molar-refractivity contribution in [2.45, 2.75) is 27.2 Å². The molecule has 0 aliphatic carbocycles. The van der Waals surface area contributed by atoms with Crippen molar-refractivity contribution >= 4 is 40.9 Å². The molecule has 156 valence electrons. The topological polar surface area (TPSA) is 52.9 Å². The van der Waals surface area contributed by atoms with Gasteiger partial charge < -0.3 is 5.32 Å². The van der Waals surface area contributed by atoms with Crippen LogP contribution in [0.1, 0.15) is 33.4 Å². The van der Waals surface area contributed by atoms with Gasteiger partial charge in [-0.25, -0.2) is 0 Å². The summed E-state index contributed by atoms with van der Waals surface area (Å²) in [5.41, 5.74) is 6.71. The van der Waals surface area contributed by atoms with Crippen LogP contribution in [-0.2, 0) is 11.2 Å². The molecule has 0 radical (unpaired) electrons. The van der Waals surface area contributed by atoms with E-state index in [4.69, 9.17) is 23.2 Å². The second kappa shape index (κ2) is 9.83. The summed E-state index contributed by atoms with van der Waals surface area (Å²) in [7, 11) is 0. The lowest BCUT2D eigenvalue weighted by molar-refractivity contribution is -0.112. The van der Waals surface area contributed by atoms with Crippen LogP contribution in [0.3, 0.4) is 0 Å². The van der Waals surface area contributed by atoms with Crippen LogP contribution >= 0.6 is 23.2 Å². The maximum absolute atomic E-state index is 12.5. The van der Waals surface area contributed by atoms with Crippen LogP contribution in [0.25, 0.3) is 6.08 Å². The minimum absolute atomic E-state index is 0.0187. The van der Waals surface area contributed by atoms with Gasteiger partial charge in [0, 0.05) is 15.7 Å². The molecule has 0 fully saturated rings. The van der Waals surface area contributed by atoms with Crippen molar-refractivity contribution in [2.24, 2.45) is 0 Å². The van der Waals surface area contributed by atoms with Crippen molar-refractivity contribution in [1.82, 2.24) is 0 Å². The van der Waals surface area contributed by atoms with Gasteiger partial charge in [-0.2, -0.15) is 5.26 Å². The third-order valence-electron chi connectivity index (χ3n) is 4.86. The van der Waals surface area contributed by atoms with Crippen LogP contribution in [0.2, 0.25) is 10.0 Å². The Morgan fingerprint density at radius 2 is 1.68 bits per heavy atom. The molecule has 3 nitrogen and oxygen atoms in total. The molecule has 0 saturated carbocycles. The fourth-order valence-corrected chi connectivity index (χ4v) is 3.81. The first kappa shape index (κ1) is 22.6. The Morgan fingerprint density at radius 1 is 0.968 bits per heavy atom. The normalized spacial score (nSPS) is 11.2. The lowest BCUT2D eigenvalue weighted by atomic mass is 9.99. The third kappa shape index (κ3) is 5.98. The summed E-state index contributed by atoms with van der Waals surface area (Å²) in [5.74, 6) is -0.502. The van der Waals surface area contributed by atoms with Crippen LogP contribution in [0, 0.1) is 32.1 Å². The SMILES string of the molecule is Cc1cc(C)cc(Cc2ccc(/C=C(\C#N)C(=O)Nc3ccc(C)c(Cl)c3)cc2Cl)c1. The van der Waals surface area contributed by atoms with Crippen LogP contribution < -0.4 is 5.32 Å². The zero-order valence-electron chi connectivity index (χ0n) is 17.6. The monoisotopic (exact) mass is 448 g/mol. The van der Waals surface area contributed by atoms with Gasteiger partial charge in [-0.15, -0.1) is 0 Å². The van der Waals surface area contributed by atoms with Gasteiger partial charge in [-0.3, -0.25) is 4.79 Å². The maximum Gasteiger partial charge on any atom is 0.266 e. The van der Waals surface area contributed by atoms with E-state index in [9.17, 15) is 10.1 Å². The number of hydrogen-bond donors (Lipinski definition) is 1. The van der Waals surface area contributed by atoms with E-state index in [1.807, 2.05) is 31.2 Å². The Morgan fingerprint density at radius 3 is 2.29 bits per heavy atom. The number of nitrogens with one attached hydrogen (secondary N) is 1. The van der Waals surface area contributed by atoms with E-state index in [1.54, 1.807) is 18.2 Å². The number of anilines is 1. The van der Waals surface area contributed by atoms with Crippen molar-refractivity contribution in [3.8, 4) is 6.07 Å². The summed E-state index contributed by atoms with van der Waals surface area (Å²) in [6.07, 6.45) is 2.24. The van der Waals surface area contributed by atoms with Gasteiger partial charge in [0.05, 0.1) is 0 Å². The van der Waals surface area contributed by atoms with E-state index in [2.05, 4.69) is 37.4 Å². The molecule has 3 rings (SSSR count). The molecular weight excluding hydrogens is 427 g/mol. The number of halogens is 2. The zero-order valence-corrected chi connectivity index (χ0v) is 19.1. The van der Waals surface area contributed by atoms with Gasteiger partial charge in [0.25, 0.3) is 5.91 Å². The largest absolute Gasteiger partial charge is 0.321 e. The summed E-state index contributed by atoms with van der Waals surface area (Å²) >= 11 is 12.6. The molecule has 0 aliphatic heterocycles. The number of nitrogens with zero attached hydrogens (tertiary/aromatic N) is 1. The Kier molecular flexibility index (Phi) is 7.17. The Balaban J connectivity index is 1.79. The molecule has 0 unspecified atom stereocenters. The van der Waals surface area contributed by atoms with E-state index in [0.29, 0.717) is 27.7 Å². The smallest absolute Gasteiger partial charge is 0.266 e. The molecule has 31 heavy (non-hydrogen) atoms. The van der Waals surface area contributed by atoms with Gasteiger partial charge in [-0.05, 0) is 73.7 Å². The van der Waals surface area contributed by atoms with E-state index in [1.165, 1.54) is 22.8 Å². The molecule has 0 bridgehead atoms. The third-order valence-corrected chi connectivity index (χ3v) is 5.62. The molecule has 1 amide bonds. The van der Waals surface area contributed by atoms with Crippen molar-refractivity contribution in [3.63, 3.8) is 0 Å². The number of rotatable bonds is 5. The first-order valence-corrected chi connectivity index (χ1v) is 10.6. The Hall–Kier alpha value is -3.06. The summed E-state index contributed by atoms with van der Waals surface area (Å²) in [6, 6.07) is 19.1. The molecule has 3 aromatic rings. The van der Waals surface area contributed by atoms with Crippen LogP contribution in [0.4, 0.5) is 5.69 Å². The fraction of sp³-hybridized carbons (Fsp3) is 0.154. The zero-order chi connectivity index (χ0) is 22.5. The fourth-order valence-electron chi connectivity index (χ4n) is 3.37. The molecule has 0 spiro atoms. The van der Waals surface area contributed by atoms with Crippen molar-refractivity contribution in [3.05, 3.63) is 104 Å². The highest BCUT2D eigenvalue weighted by Crippen LogP contribution is 2.24. The minimum Gasteiger partial charge on any atom is -0.321 e. The molecular formula is C26H22Cl2N2O. The molecule has 1 N–H and O–H groups in total. The summed E-state index contributed by atoms with van der Waals surface area (Å²) in [4.78, 5) is 12.5. The van der Waals surface area contributed by atoms with E-state index in [-0.39, 0.29) is 5.57 Å². The Labute approximate surface area is 192 Å². The van der Waals surface area contributed by atoms with Crippen LogP contribution in [0.15, 0.2) is 60.2 Å². The van der Waals surface area contributed by atoms with E-state index in [0.717, 1.165) is 11.1 Å². The van der Waals surface area contributed by atoms with Crippen LogP contribution in [-0.4, -0.2) is 5.91 Å². The number of amides is 1. The minimum atomic E-state index is -0.502. The van der Waals surface area contributed by atoms with Crippen molar-refractivity contribution in [2.75, 3.05) is 5.32 Å².